The molecule has 0 atom stereocenters. The van der Waals surface area contributed by atoms with Gasteiger partial charge in [-0.2, -0.15) is 13.2 Å². The van der Waals surface area contributed by atoms with E-state index in [-0.39, 0.29) is 11.9 Å². The molecule has 146 valence electrons. The third-order valence-electron chi connectivity index (χ3n) is 5.22. The summed E-state index contributed by atoms with van der Waals surface area (Å²) in [6, 6.07) is 11.6. The Kier molecular flexibility index (Phi) is 4.33. The summed E-state index contributed by atoms with van der Waals surface area (Å²) >= 11 is 0. The summed E-state index contributed by atoms with van der Waals surface area (Å²) < 4.78 is 45.8. The molecule has 4 nitrogen and oxygen atoms in total. The molecule has 3 aromatic rings. The molecule has 1 aromatic heterocycles. The van der Waals surface area contributed by atoms with Crippen LogP contribution in [0, 0.1) is 12.8 Å². The maximum absolute atomic E-state index is 13.0. The highest BCUT2D eigenvalue weighted by Gasteiger charge is 2.34. The van der Waals surface area contributed by atoms with Gasteiger partial charge in [0, 0.05) is 36.0 Å². The molecule has 1 fully saturated rings. The molecule has 1 saturated heterocycles. The lowest BCUT2D eigenvalue weighted by atomic mass is 9.99. The van der Waals surface area contributed by atoms with Gasteiger partial charge in [0.25, 0.3) is 0 Å². The Morgan fingerprint density at radius 3 is 2.50 bits per heavy atom. The lowest BCUT2D eigenvalue weighted by molar-refractivity contribution is -0.146. The Labute approximate surface area is 160 Å². The number of rotatable bonds is 3. The van der Waals surface area contributed by atoms with E-state index in [1.54, 1.807) is 6.92 Å². The van der Waals surface area contributed by atoms with Crippen LogP contribution in [0.5, 0.6) is 0 Å². The minimum atomic E-state index is -4.36. The number of nitrogens with zero attached hydrogens (tertiary/aromatic N) is 2. The highest BCUT2D eigenvalue weighted by atomic mass is 19.4. The first-order chi connectivity index (χ1) is 13.3. The molecule has 0 spiro atoms. The predicted octanol–water partition coefficient (Wildman–Crippen LogP) is 4.57. The molecule has 2 aromatic carbocycles. The number of anilines is 1. The largest absolute Gasteiger partial charge is 0.469 e. The maximum atomic E-state index is 13.0. The Balaban J connectivity index is 1.67. The van der Waals surface area contributed by atoms with Crippen LogP contribution >= 0.6 is 0 Å². The summed E-state index contributed by atoms with van der Waals surface area (Å²) in [6.07, 6.45) is -2.52. The zero-order chi connectivity index (χ0) is 20.1. The fraction of sp³-hybridized carbons (Fsp3) is 0.286. The molecule has 0 radical (unpaired) electrons. The van der Waals surface area contributed by atoms with Gasteiger partial charge in [0.05, 0.1) is 24.1 Å². The van der Waals surface area contributed by atoms with Crippen LogP contribution in [0.3, 0.4) is 0 Å². The normalized spacial score (nSPS) is 15.0. The number of halogens is 3. The van der Waals surface area contributed by atoms with Gasteiger partial charge in [-0.05, 0) is 48.9 Å². The summed E-state index contributed by atoms with van der Waals surface area (Å²) in [5.74, 6) is -0.330. The van der Waals surface area contributed by atoms with Crippen LogP contribution in [-0.4, -0.2) is 30.7 Å². The van der Waals surface area contributed by atoms with E-state index in [2.05, 4.69) is 4.90 Å². The standard InChI is InChI=1S/C21H19F3N2O2/c1-13-10-26(19-7-6-15(8-18(13)19)21(22,23)24)17-5-3-4-16(9-17)25-11-14(12-25)20(27)28-2/h3-10,14H,11-12H2,1-2H3. The summed E-state index contributed by atoms with van der Waals surface area (Å²) in [5.41, 5.74) is 2.67. The van der Waals surface area contributed by atoms with Gasteiger partial charge in [0.15, 0.2) is 0 Å². The van der Waals surface area contributed by atoms with Crippen LogP contribution in [0.25, 0.3) is 16.6 Å². The van der Waals surface area contributed by atoms with E-state index in [1.165, 1.54) is 19.2 Å². The number of aryl methyl sites for hydroxylation is 1. The average Bonchev–Trinajstić information content (AvgIpc) is 2.96. The second-order valence-electron chi connectivity index (χ2n) is 7.06. The molecule has 1 aliphatic rings. The number of carbonyl (C=O) groups excluding carboxylic acids is 1. The van der Waals surface area contributed by atoms with Crippen LogP contribution < -0.4 is 4.90 Å². The van der Waals surface area contributed by atoms with Crippen LogP contribution in [0.15, 0.2) is 48.7 Å². The molecule has 0 N–H and O–H groups in total. The van der Waals surface area contributed by atoms with Gasteiger partial charge < -0.3 is 14.2 Å². The monoisotopic (exact) mass is 388 g/mol. The van der Waals surface area contributed by atoms with Crippen molar-refractivity contribution in [3.8, 4) is 5.69 Å². The first-order valence-electron chi connectivity index (χ1n) is 8.90. The molecule has 0 saturated carbocycles. The molecule has 0 amide bonds. The van der Waals surface area contributed by atoms with Crippen LogP contribution in [0.4, 0.5) is 18.9 Å². The fourth-order valence-corrected chi connectivity index (χ4v) is 3.63. The van der Waals surface area contributed by atoms with Gasteiger partial charge in [-0.15, -0.1) is 0 Å². The molecule has 7 heteroatoms. The summed E-state index contributed by atoms with van der Waals surface area (Å²) in [7, 11) is 1.38. The molecular formula is C21H19F3N2O2. The topological polar surface area (TPSA) is 34.5 Å². The lowest BCUT2D eigenvalue weighted by Gasteiger charge is -2.39. The van der Waals surface area contributed by atoms with Gasteiger partial charge in [0.1, 0.15) is 0 Å². The van der Waals surface area contributed by atoms with E-state index < -0.39 is 11.7 Å². The van der Waals surface area contributed by atoms with Crippen molar-refractivity contribution in [2.45, 2.75) is 13.1 Å². The maximum Gasteiger partial charge on any atom is 0.416 e. The number of esters is 1. The second kappa shape index (κ2) is 6.58. The average molecular weight is 388 g/mol. The number of alkyl halides is 3. The lowest BCUT2D eigenvalue weighted by Crippen LogP contribution is -2.50. The summed E-state index contributed by atoms with van der Waals surface area (Å²) in [4.78, 5) is 13.6. The highest BCUT2D eigenvalue weighted by Crippen LogP contribution is 2.34. The smallest absolute Gasteiger partial charge is 0.416 e. The van der Waals surface area contributed by atoms with E-state index in [9.17, 15) is 18.0 Å². The fourth-order valence-electron chi connectivity index (χ4n) is 3.63. The minimum absolute atomic E-state index is 0.121. The minimum Gasteiger partial charge on any atom is -0.469 e. The van der Waals surface area contributed by atoms with Crippen LogP contribution in [-0.2, 0) is 15.7 Å². The van der Waals surface area contributed by atoms with Crippen molar-refractivity contribution >= 4 is 22.6 Å². The van der Waals surface area contributed by atoms with Crippen molar-refractivity contribution in [1.29, 1.82) is 0 Å². The molecule has 1 aliphatic heterocycles. The van der Waals surface area contributed by atoms with Crippen molar-refractivity contribution < 1.29 is 22.7 Å². The number of aromatic nitrogens is 1. The predicted molar refractivity (Wildman–Crippen MR) is 101 cm³/mol. The number of fused-ring (bicyclic) bond motifs is 1. The van der Waals surface area contributed by atoms with Crippen LogP contribution in [0.1, 0.15) is 11.1 Å². The van der Waals surface area contributed by atoms with E-state index in [1.807, 2.05) is 35.0 Å². The Morgan fingerprint density at radius 2 is 1.82 bits per heavy atom. The van der Waals surface area contributed by atoms with E-state index >= 15 is 0 Å². The number of methoxy groups -OCH3 is 1. The highest BCUT2D eigenvalue weighted by molar-refractivity contribution is 5.86. The van der Waals surface area contributed by atoms with Gasteiger partial charge in [-0.1, -0.05) is 6.07 Å². The van der Waals surface area contributed by atoms with Gasteiger partial charge in [-0.25, -0.2) is 0 Å². The second-order valence-corrected chi connectivity index (χ2v) is 7.06. The zero-order valence-corrected chi connectivity index (χ0v) is 15.5. The molecule has 0 bridgehead atoms. The van der Waals surface area contributed by atoms with Crippen molar-refractivity contribution in [3.63, 3.8) is 0 Å². The Morgan fingerprint density at radius 1 is 1.11 bits per heavy atom. The molecule has 2 heterocycles. The molecule has 28 heavy (non-hydrogen) atoms. The molecular weight excluding hydrogens is 369 g/mol. The van der Waals surface area contributed by atoms with Crippen molar-refractivity contribution in [2.24, 2.45) is 5.92 Å². The third kappa shape index (κ3) is 3.10. The van der Waals surface area contributed by atoms with Crippen molar-refractivity contribution in [3.05, 3.63) is 59.8 Å². The quantitative estimate of drug-likeness (QED) is 0.617. The van der Waals surface area contributed by atoms with Crippen molar-refractivity contribution in [2.75, 3.05) is 25.1 Å². The molecule has 0 aliphatic carbocycles. The third-order valence-corrected chi connectivity index (χ3v) is 5.22. The summed E-state index contributed by atoms with van der Waals surface area (Å²) in [6.45, 7) is 2.99. The first-order valence-corrected chi connectivity index (χ1v) is 8.90. The van der Waals surface area contributed by atoms with Gasteiger partial charge >= 0.3 is 12.1 Å². The molecule has 4 rings (SSSR count). The number of benzene rings is 2. The van der Waals surface area contributed by atoms with Gasteiger partial charge in [-0.3, -0.25) is 4.79 Å². The van der Waals surface area contributed by atoms with Crippen molar-refractivity contribution in [1.82, 2.24) is 4.57 Å². The number of carbonyl (C=O) groups is 1. The zero-order valence-electron chi connectivity index (χ0n) is 15.5. The number of ether oxygens (including phenoxy) is 1. The van der Waals surface area contributed by atoms with Gasteiger partial charge in [0.2, 0.25) is 0 Å². The molecule has 0 unspecified atom stereocenters. The Bertz CT molecular complexity index is 1050. The number of hydrogen-bond acceptors (Lipinski definition) is 3. The SMILES string of the molecule is COC(=O)C1CN(c2cccc(-n3cc(C)c4cc(C(F)(F)F)ccc43)c2)C1. The summed E-state index contributed by atoms with van der Waals surface area (Å²) in [5, 5.41) is 0.579. The van der Waals surface area contributed by atoms with E-state index in [0.29, 0.717) is 18.5 Å². The van der Waals surface area contributed by atoms with Crippen LogP contribution in [0.2, 0.25) is 0 Å². The van der Waals surface area contributed by atoms with E-state index in [4.69, 9.17) is 4.74 Å². The Hall–Kier alpha value is -2.96. The first kappa shape index (κ1) is 18.4. The number of hydrogen-bond donors (Lipinski definition) is 0. The van der Waals surface area contributed by atoms with E-state index in [0.717, 1.165) is 28.5 Å².